The van der Waals surface area contributed by atoms with Crippen LogP contribution in [0.25, 0.3) is 0 Å². The number of hydrogen-bond acceptors (Lipinski definition) is 1. The average molecular weight is 158 g/mol. The van der Waals surface area contributed by atoms with Crippen molar-refractivity contribution in [3.8, 4) is 0 Å². The van der Waals surface area contributed by atoms with E-state index < -0.39 is 4.87 Å². The molecule has 2 nitrogen and oxygen atoms in total. The molecule has 1 radical (unpaired) electrons. The Morgan fingerprint density at radius 3 is 3.00 bits per heavy atom. The van der Waals surface area contributed by atoms with Gasteiger partial charge in [0.1, 0.15) is 10.7 Å². The first kappa shape index (κ1) is 7.61. The molecule has 1 N–H and O–H groups in total. The van der Waals surface area contributed by atoms with Crippen LogP contribution in [0, 0.1) is 6.92 Å². The number of alkyl halides is 1. The molecule has 0 saturated carbocycles. The van der Waals surface area contributed by atoms with Crippen molar-refractivity contribution in [3.05, 3.63) is 25.1 Å². The summed E-state index contributed by atoms with van der Waals surface area (Å²) in [6.45, 7) is 5.78. The second-order valence-corrected chi connectivity index (χ2v) is 2.98. The Hall–Kier alpha value is -0.500. The summed E-state index contributed by atoms with van der Waals surface area (Å²) in [5.74, 6) is 0.733. The van der Waals surface area contributed by atoms with Crippen LogP contribution in [0.2, 0.25) is 0 Å². The van der Waals surface area contributed by atoms with Gasteiger partial charge in [0.2, 0.25) is 0 Å². The highest BCUT2D eigenvalue weighted by Gasteiger charge is 2.23. The number of halogens is 1. The molecule has 55 valence electrons. The van der Waals surface area contributed by atoms with Crippen molar-refractivity contribution in [2.45, 2.75) is 18.2 Å². The van der Waals surface area contributed by atoms with E-state index in [0.717, 1.165) is 12.2 Å². The van der Waals surface area contributed by atoms with E-state index >= 15 is 0 Å². The first-order chi connectivity index (χ1) is 4.67. The van der Waals surface area contributed by atoms with E-state index in [-0.39, 0.29) is 0 Å². The third-order valence-corrected chi connectivity index (χ3v) is 1.93. The summed E-state index contributed by atoms with van der Waals surface area (Å²) in [6.07, 6.45) is 4.18. The predicted octanol–water partition coefficient (Wildman–Crippen LogP) is 2.09. The monoisotopic (exact) mass is 157 g/mol. The summed E-state index contributed by atoms with van der Waals surface area (Å²) in [5, 5.41) is 0. The second kappa shape index (κ2) is 2.62. The van der Waals surface area contributed by atoms with Crippen LogP contribution < -0.4 is 0 Å². The van der Waals surface area contributed by atoms with Crippen LogP contribution in [0.15, 0.2) is 12.4 Å². The van der Waals surface area contributed by atoms with E-state index in [1.54, 1.807) is 12.4 Å². The zero-order chi connectivity index (χ0) is 7.61. The van der Waals surface area contributed by atoms with Crippen molar-refractivity contribution >= 4 is 11.6 Å². The molecule has 0 aliphatic heterocycles. The molecule has 1 rings (SSSR count). The quantitative estimate of drug-likeness (QED) is 0.655. The molecule has 0 fully saturated rings. The van der Waals surface area contributed by atoms with Crippen LogP contribution in [0.3, 0.4) is 0 Å². The van der Waals surface area contributed by atoms with Crippen LogP contribution in [-0.2, 0) is 4.87 Å². The van der Waals surface area contributed by atoms with E-state index in [1.165, 1.54) is 0 Å². The summed E-state index contributed by atoms with van der Waals surface area (Å²) < 4.78 is 0. The number of aromatic nitrogens is 2. The van der Waals surface area contributed by atoms with Crippen molar-refractivity contribution in [1.29, 1.82) is 0 Å². The fourth-order valence-electron chi connectivity index (χ4n) is 0.678. The van der Waals surface area contributed by atoms with Crippen LogP contribution in [0.1, 0.15) is 19.2 Å². The number of H-pyrrole nitrogens is 1. The Kier molecular flexibility index (Phi) is 2.00. The van der Waals surface area contributed by atoms with Gasteiger partial charge in [0.15, 0.2) is 0 Å². The molecule has 0 amide bonds. The summed E-state index contributed by atoms with van der Waals surface area (Å²) in [5.41, 5.74) is 0. The molecular weight excluding hydrogens is 148 g/mol. The van der Waals surface area contributed by atoms with Crippen molar-refractivity contribution < 1.29 is 0 Å². The number of hydrogen-bond donors (Lipinski definition) is 1. The fraction of sp³-hybridized carbons (Fsp3) is 0.429. The topological polar surface area (TPSA) is 28.7 Å². The third kappa shape index (κ3) is 1.32. The molecule has 0 aliphatic rings. The first-order valence-electron chi connectivity index (χ1n) is 3.21. The van der Waals surface area contributed by atoms with E-state index in [0.29, 0.717) is 0 Å². The lowest BCUT2D eigenvalue weighted by Crippen LogP contribution is -2.14. The van der Waals surface area contributed by atoms with Gasteiger partial charge in [-0.2, -0.15) is 0 Å². The minimum absolute atomic E-state index is 0.580. The molecule has 1 atom stereocenters. The van der Waals surface area contributed by atoms with Crippen LogP contribution in [0.4, 0.5) is 0 Å². The van der Waals surface area contributed by atoms with Crippen molar-refractivity contribution in [2.75, 3.05) is 0 Å². The SMILES string of the molecule is [CH2]C(Cl)(CC)c1ncc[nH]1. The first-order valence-corrected chi connectivity index (χ1v) is 3.58. The number of nitrogens with one attached hydrogen (secondary N) is 1. The van der Waals surface area contributed by atoms with Gasteiger partial charge in [0.05, 0.1) is 0 Å². The third-order valence-electron chi connectivity index (χ3n) is 1.48. The summed E-state index contributed by atoms with van der Waals surface area (Å²) in [4.78, 5) is 6.35. The lowest BCUT2D eigenvalue weighted by Gasteiger charge is -2.15. The molecule has 3 heteroatoms. The standard InChI is InChI=1S/C7H10ClN2/c1-3-7(2,8)6-9-4-5-10-6/h4-5H,2-3H2,1H3,(H,9,10). The van der Waals surface area contributed by atoms with E-state index in [2.05, 4.69) is 16.9 Å². The average Bonchev–Trinajstić information content (AvgIpc) is 2.38. The Morgan fingerprint density at radius 2 is 2.60 bits per heavy atom. The molecule has 1 heterocycles. The van der Waals surface area contributed by atoms with E-state index in [4.69, 9.17) is 11.6 Å². The molecule has 1 aromatic rings. The van der Waals surface area contributed by atoms with Gasteiger partial charge in [-0.3, -0.25) is 0 Å². The Bertz CT molecular complexity index is 191. The number of aromatic amines is 1. The maximum atomic E-state index is 5.98. The van der Waals surface area contributed by atoms with E-state index in [1.807, 2.05) is 6.92 Å². The van der Waals surface area contributed by atoms with Crippen molar-refractivity contribution in [3.63, 3.8) is 0 Å². The summed E-state index contributed by atoms with van der Waals surface area (Å²) in [6, 6.07) is 0. The maximum Gasteiger partial charge on any atom is 0.127 e. The summed E-state index contributed by atoms with van der Waals surface area (Å²) in [7, 11) is 0. The zero-order valence-corrected chi connectivity index (χ0v) is 6.65. The normalized spacial score (nSPS) is 16.7. The largest absolute Gasteiger partial charge is 0.347 e. The van der Waals surface area contributed by atoms with Crippen molar-refractivity contribution in [1.82, 2.24) is 9.97 Å². The minimum atomic E-state index is -0.580. The highest BCUT2D eigenvalue weighted by molar-refractivity contribution is 6.24. The lowest BCUT2D eigenvalue weighted by atomic mass is 10.1. The smallest absolute Gasteiger partial charge is 0.127 e. The maximum absolute atomic E-state index is 5.98. The number of imidazole rings is 1. The summed E-state index contributed by atoms with van der Waals surface area (Å²) >= 11 is 5.98. The number of rotatable bonds is 2. The molecule has 0 bridgehead atoms. The zero-order valence-electron chi connectivity index (χ0n) is 5.89. The predicted molar refractivity (Wildman–Crippen MR) is 41.8 cm³/mol. The molecule has 10 heavy (non-hydrogen) atoms. The van der Waals surface area contributed by atoms with Gasteiger partial charge in [-0.1, -0.05) is 6.92 Å². The number of nitrogens with zero attached hydrogens (tertiary/aromatic N) is 1. The molecule has 0 saturated heterocycles. The minimum Gasteiger partial charge on any atom is -0.347 e. The van der Waals surface area contributed by atoms with Gasteiger partial charge >= 0.3 is 0 Å². The van der Waals surface area contributed by atoms with Gasteiger partial charge in [-0.25, -0.2) is 4.98 Å². The van der Waals surface area contributed by atoms with Gasteiger partial charge in [-0.05, 0) is 13.3 Å². The highest BCUT2D eigenvalue weighted by atomic mass is 35.5. The van der Waals surface area contributed by atoms with Gasteiger partial charge < -0.3 is 4.98 Å². The van der Waals surface area contributed by atoms with Crippen molar-refractivity contribution in [2.24, 2.45) is 0 Å². The van der Waals surface area contributed by atoms with Crippen LogP contribution >= 0.6 is 11.6 Å². The molecule has 0 spiro atoms. The van der Waals surface area contributed by atoms with Crippen LogP contribution in [-0.4, -0.2) is 9.97 Å². The molecule has 0 aliphatic carbocycles. The second-order valence-electron chi connectivity index (χ2n) is 2.26. The molecular formula is C7H10ClN2. The molecule has 0 aromatic carbocycles. The Labute approximate surface area is 65.6 Å². The highest BCUT2D eigenvalue weighted by Crippen LogP contribution is 2.27. The van der Waals surface area contributed by atoms with E-state index in [9.17, 15) is 0 Å². The lowest BCUT2D eigenvalue weighted by molar-refractivity contribution is 0.673. The van der Waals surface area contributed by atoms with Gasteiger partial charge in [0.25, 0.3) is 0 Å². The Balaban J connectivity index is 2.85. The molecule has 1 unspecified atom stereocenters. The Morgan fingerprint density at radius 1 is 1.90 bits per heavy atom. The van der Waals surface area contributed by atoms with Crippen LogP contribution in [0.5, 0.6) is 0 Å². The molecule has 1 aromatic heterocycles. The fourth-order valence-corrected chi connectivity index (χ4v) is 0.781. The van der Waals surface area contributed by atoms with Gasteiger partial charge in [-0.15, -0.1) is 11.6 Å². The van der Waals surface area contributed by atoms with Gasteiger partial charge in [0, 0.05) is 12.4 Å².